The average molecular weight is 1350 g/mol. The highest BCUT2D eigenvalue weighted by molar-refractivity contribution is 6.01. The van der Waals surface area contributed by atoms with Gasteiger partial charge in [-0.25, -0.2) is 13.5 Å². The highest BCUT2D eigenvalue weighted by Crippen LogP contribution is 2.32. The molecule has 0 unspecified atom stereocenters. The summed E-state index contributed by atoms with van der Waals surface area (Å²) in [5, 5.41) is 37.7. The number of halogens is 2. The van der Waals surface area contributed by atoms with Crippen molar-refractivity contribution in [3.8, 4) is 11.4 Å². The number of aliphatic carboxylic acids is 1. The van der Waals surface area contributed by atoms with Crippen LogP contribution in [0.5, 0.6) is 5.75 Å². The number of carbonyl (C=O) groups excluding carboxylic acids is 10. The summed E-state index contributed by atoms with van der Waals surface area (Å²) in [5.41, 5.74) is 8.09. The molecular formula is C68H73F2N15O13. The number of aromatic nitrogens is 5. The van der Waals surface area contributed by atoms with Crippen LogP contribution in [0, 0.1) is 17.6 Å². The largest absolute Gasteiger partial charge is 0.497 e. The monoisotopic (exact) mass is 1350 g/mol. The molecule has 3 aromatic heterocycles. The van der Waals surface area contributed by atoms with Gasteiger partial charge in [-0.15, -0.1) is 5.10 Å². The molecule has 30 heteroatoms. The van der Waals surface area contributed by atoms with Gasteiger partial charge in [0.25, 0.3) is 0 Å². The second-order valence-electron chi connectivity index (χ2n) is 24.8. The zero-order valence-electron chi connectivity index (χ0n) is 53.6. The molecule has 0 saturated carbocycles. The molecule has 98 heavy (non-hydrogen) atoms. The van der Waals surface area contributed by atoms with E-state index in [1.807, 2.05) is 0 Å². The maximum atomic E-state index is 15.3. The van der Waals surface area contributed by atoms with E-state index in [9.17, 15) is 47.4 Å². The average Bonchev–Trinajstić information content (AvgIpc) is 1.55. The smallest absolute Gasteiger partial charge is 0.305 e. The van der Waals surface area contributed by atoms with Crippen LogP contribution in [0.15, 0.2) is 120 Å². The zero-order chi connectivity index (χ0) is 69.9. The van der Waals surface area contributed by atoms with Crippen LogP contribution in [-0.4, -0.2) is 168 Å². The van der Waals surface area contributed by atoms with Gasteiger partial charge in [-0.2, -0.15) is 0 Å². The molecule has 8 atom stereocenters. The molecule has 12 N–H and O–H groups in total. The third-order valence-electron chi connectivity index (χ3n) is 17.7. The summed E-state index contributed by atoms with van der Waals surface area (Å²) in [6, 6.07) is 11.5. The van der Waals surface area contributed by atoms with Gasteiger partial charge in [0.1, 0.15) is 53.1 Å². The number of nitrogens with zero attached hydrogens (tertiary/aromatic N) is 5. The number of H-pyrrole nitrogens is 2. The standard InChI is InChI=1S/C68H73F2N15O13/c1-36(86)76-56-29-45-35-85(83-82-45)46-11-5-37(6-12-46)22-53(61(71)91)81-67(97)68(2)18-4-20-84(68)66(96)57(23-38-7-13-47(98-3)14-8-38)80-62(92)40(21-39-17-19-72-31-39)26-58(87)52(30-60(89)90)78-65(95)55(25-42-33-74-51-16-10-44(70)28-49(42)51)79-64(94)54(77-59(88)34-75-63(56)93)24-41-32-73-50-15-9-43(69)27-48(41)50/h5-16,19,27-28,31-33,35,40,52-57,73-74H,4,17-18,20-26,29-30,34H2,1-3H3,(H2,71,91)(H,75,93)(H,76,86)(H,77,88)(H,78,95)(H,79,94)(H,80,92)(H,81,97)(H,89,90)/t40-,52+,53+,54+,55+,56-,57+,68+/m1/s1. The molecule has 0 radical (unpaired) electrons. The fourth-order valence-corrected chi connectivity index (χ4v) is 12.4. The zero-order valence-corrected chi connectivity index (χ0v) is 53.6. The third-order valence-corrected chi connectivity index (χ3v) is 17.7. The molecule has 1 fully saturated rings. The molecule has 1 saturated heterocycles. The number of carboxylic acid groups (broad SMARTS) is 1. The molecule has 4 aliphatic rings. The van der Waals surface area contributed by atoms with E-state index in [1.165, 1.54) is 91.7 Å². The van der Waals surface area contributed by atoms with Crippen LogP contribution in [-0.2, 0) is 84.8 Å². The van der Waals surface area contributed by atoms with E-state index in [0.29, 0.717) is 56.5 Å². The van der Waals surface area contributed by atoms with Crippen LogP contribution < -0.4 is 47.7 Å². The number of allylic oxidation sites excluding steroid dienone is 1. The van der Waals surface area contributed by atoms with Crippen molar-refractivity contribution in [1.82, 2.24) is 67.1 Å². The lowest BCUT2D eigenvalue weighted by Crippen LogP contribution is -2.62. The number of amides is 9. The van der Waals surface area contributed by atoms with E-state index in [-0.39, 0.29) is 68.1 Å². The lowest BCUT2D eigenvalue weighted by molar-refractivity contribution is -0.147. The van der Waals surface area contributed by atoms with Crippen LogP contribution in [0.25, 0.3) is 27.5 Å². The first kappa shape index (κ1) is 69.4. The minimum Gasteiger partial charge on any atom is -0.497 e. The van der Waals surface area contributed by atoms with Crippen LogP contribution in [0.4, 0.5) is 8.78 Å². The minimum atomic E-state index is -1.91. The fourth-order valence-electron chi connectivity index (χ4n) is 12.4. The first-order valence-corrected chi connectivity index (χ1v) is 31.7. The number of aromatic amines is 2. The molecule has 7 heterocycles. The summed E-state index contributed by atoms with van der Waals surface area (Å²) in [6.45, 7) is 1.93. The summed E-state index contributed by atoms with van der Waals surface area (Å²) in [6.07, 6.45) is 4.90. The quantitative estimate of drug-likeness (QED) is 0.0736. The number of hydrogen-bond acceptors (Lipinski definition) is 15. The summed E-state index contributed by atoms with van der Waals surface area (Å²) in [7, 11) is 1.47. The van der Waals surface area contributed by atoms with Gasteiger partial charge in [-0.3, -0.25) is 57.7 Å². The van der Waals surface area contributed by atoms with Gasteiger partial charge >= 0.3 is 5.97 Å². The Morgan fingerprint density at radius 1 is 0.735 bits per heavy atom. The Morgan fingerprint density at radius 2 is 1.37 bits per heavy atom. The Labute approximate surface area is 558 Å². The number of nitrogens with two attached hydrogens (primary N) is 1. The minimum absolute atomic E-state index is 0.0352. The van der Waals surface area contributed by atoms with Crippen molar-refractivity contribution < 1.29 is 71.4 Å². The SMILES string of the molecule is COc1ccc(C[C@@H]2NC(=O)[C@H](CC3=CN=CC3)CC(=O)[C@H](CC(=O)O)NC(=O)[C@H](Cc3c[nH]c4ccc(F)cc34)NC(=O)[C@H](Cc3c[nH]c4ccc(F)cc34)NC(=O)CNC(=O)[C@H](NC(C)=O)Cc3cn(nn3)-c3ccc(cc3)C[C@@H](C(N)=O)NC(=O)[C@]3(C)CCCN3C2=O)cc1. The summed E-state index contributed by atoms with van der Waals surface area (Å²) in [4.78, 5) is 168. The van der Waals surface area contributed by atoms with E-state index in [0.717, 1.165) is 0 Å². The normalized spacial score (nSPS) is 22.8. The molecule has 11 rings (SSSR count). The van der Waals surface area contributed by atoms with Crippen LogP contribution in [0.1, 0.15) is 80.3 Å². The molecular weight excluding hydrogens is 1270 g/mol. The Bertz CT molecular complexity index is 4300. The topological polar surface area (TPSA) is 405 Å². The van der Waals surface area contributed by atoms with Crippen LogP contribution in [0.2, 0.25) is 0 Å². The number of nitrogens with one attached hydrogen (secondary N) is 9. The molecule has 28 nitrogen and oxygen atoms in total. The van der Waals surface area contributed by atoms with Crippen LogP contribution in [0.3, 0.4) is 0 Å². The number of aliphatic imine (C=N–C) groups is 1. The number of primary amides is 1. The van der Waals surface area contributed by atoms with Crippen LogP contribution >= 0.6 is 0 Å². The first-order chi connectivity index (χ1) is 46.9. The van der Waals surface area contributed by atoms with Crippen molar-refractivity contribution in [3.63, 3.8) is 0 Å². The molecule has 0 spiro atoms. The molecule has 4 aromatic carbocycles. The number of carboxylic acids is 1. The lowest BCUT2D eigenvalue weighted by Gasteiger charge is -2.37. The maximum Gasteiger partial charge on any atom is 0.305 e. The Kier molecular flexibility index (Phi) is 21.6. The highest BCUT2D eigenvalue weighted by atomic mass is 19.1. The van der Waals surface area contributed by atoms with E-state index in [2.05, 4.69) is 62.5 Å². The fraction of sp³-hybridized carbons (Fsp3) is 0.353. The van der Waals surface area contributed by atoms with E-state index >= 15 is 19.2 Å². The Morgan fingerprint density at radius 3 is 1.97 bits per heavy atom. The van der Waals surface area contributed by atoms with Gasteiger partial charge in [-0.1, -0.05) is 29.5 Å². The van der Waals surface area contributed by atoms with Gasteiger partial charge in [0.2, 0.25) is 53.2 Å². The molecule has 4 bridgehead atoms. The predicted molar refractivity (Wildman–Crippen MR) is 349 cm³/mol. The third kappa shape index (κ3) is 17.0. The Balaban J connectivity index is 1.02. The summed E-state index contributed by atoms with van der Waals surface area (Å²) >= 11 is 0. The maximum absolute atomic E-state index is 15.3. The molecule has 9 amide bonds. The van der Waals surface area contributed by atoms with Crippen molar-refractivity contribution in [2.24, 2.45) is 16.6 Å². The van der Waals surface area contributed by atoms with E-state index < -0.39 is 150 Å². The van der Waals surface area contributed by atoms with Gasteiger partial charge in [0.15, 0.2) is 5.78 Å². The van der Waals surface area contributed by atoms with E-state index in [4.69, 9.17) is 10.5 Å². The number of ether oxygens (including phenoxy) is 1. The number of ketones is 1. The molecule has 512 valence electrons. The van der Waals surface area contributed by atoms with Crippen molar-refractivity contribution >= 4 is 92.9 Å². The second-order valence-corrected chi connectivity index (χ2v) is 24.8. The van der Waals surface area contributed by atoms with Gasteiger partial charge in [0, 0.05) is 111 Å². The summed E-state index contributed by atoms with van der Waals surface area (Å²) < 4.78 is 36.5. The first-order valence-electron chi connectivity index (χ1n) is 31.7. The van der Waals surface area contributed by atoms with Gasteiger partial charge in [-0.05, 0) is 115 Å². The van der Waals surface area contributed by atoms with E-state index in [1.54, 1.807) is 54.7 Å². The number of methoxy groups -OCH3 is 1. The van der Waals surface area contributed by atoms with Crippen molar-refractivity contribution in [2.75, 3.05) is 20.2 Å². The Hall–Kier alpha value is -11.5. The lowest BCUT2D eigenvalue weighted by atomic mass is 9.89. The number of fused-ring (bicyclic) bond motifs is 27. The molecule has 7 aromatic rings. The van der Waals surface area contributed by atoms with Crippen molar-refractivity contribution in [3.05, 3.63) is 155 Å². The molecule has 4 aliphatic heterocycles. The number of rotatable bonds is 13. The highest BCUT2D eigenvalue weighted by Gasteiger charge is 2.49. The van der Waals surface area contributed by atoms with Crippen molar-refractivity contribution in [1.29, 1.82) is 0 Å². The van der Waals surface area contributed by atoms with Gasteiger partial charge < -0.3 is 67.7 Å². The number of carbonyl (C=O) groups is 11. The van der Waals surface area contributed by atoms with Crippen molar-refractivity contribution in [2.45, 2.75) is 126 Å². The predicted octanol–water partition coefficient (Wildman–Crippen LogP) is 2.05. The number of hydrogen-bond donors (Lipinski definition) is 11. The second kappa shape index (κ2) is 30.5. The number of Topliss-reactive ketones (excluding diaryl/α,β-unsaturated/α-hetero) is 1. The number of benzene rings is 4. The molecule has 0 aliphatic carbocycles. The van der Waals surface area contributed by atoms with Gasteiger partial charge in [0.05, 0.1) is 43.7 Å². The summed E-state index contributed by atoms with van der Waals surface area (Å²) in [5.74, 6) is -12.5.